The topological polar surface area (TPSA) is 62.9 Å². The van der Waals surface area contributed by atoms with Crippen molar-refractivity contribution in [3.8, 4) is 0 Å². The van der Waals surface area contributed by atoms with Gasteiger partial charge < -0.3 is 4.42 Å². The quantitative estimate of drug-likeness (QED) is 0.476. The van der Waals surface area contributed by atoms with Crippen molar-refractivity contribution >= 4 is 51.6 Å². The van der Waals surface area contributed by atoms with Crippen LogP contribution in [0.3, 0.4) is 0 Å². The minimum Gasteiger partial charge on any atom is -0.469 e. The number of benzene rings is 2. The molecule has 2 saturated heterocycles. The Bertz CT molecular complexity index is 1160. The molecule has 0 radical (unpaired) electrons. The van der Waals surface area contributed by atoms with Gasteiger partial charge in [-0.2, -0.15) is 0 Å². The Morgan fingerprint density at radius 1 is 1.03 bits per heavy atom. The molecule has 2 aliphatic rings. The van der Waals surface area contributed by atoms with Crippen LogP contribution in [0.15, 0.2) is 76.3 Å². The van der Waals surface area contributed by atoms with Crippen molar-refractivity contribution in [2.24, 2.45) is 10.9 Å². The molecule has 2 amide bonds. The van der Waals surface area contributed by atoms with Crippen LogP contribution in [0.1, 0.15) is 23.7 Å². The summed E-state index contributed by atoms with van der Waals surface area (Å²) < 4.78 is 5.67. The lowest BCUT2D eigenvalue weighted by molar-refractivity contribution is -0.122. The molecule has 0 bridgehead atoms. The van der Waals surface area contributed by atoms with E-state index in [1.807, 2.05) is 49.4 Å². The first-order valence-electron chi connectivity index (χ1n) is 9.99. The maximum absolute atomic E-state index is 13.4. The number of carbonyl (C=O) groups excluding carboxylic acids is 2. The number of imide groups is 1. The Kier molecular flexibility index (Phi) is 5.20. The molecule has 156 valence electrons. The summed E-state index contributed by atoms with van der Waals surface area (Å²) in [5, 5.41) is 0.902. The largest absolute Gasteiger partial charge is 0.469 e. The third-order valence-electron chi connectivity index (χ3n) is 5.67. The van der Waals surface area contributed by atoms with Gasteiger partial charge in [0.2, 0.25) is 11.8 Å². The highest BCUT2D eigenvalue weighted by Gasteiger charge is 2.55. The molecule has 1 aromatic heterocycles. The lowest BCUT2D eigenvalue weighted by Crippen LogP contribution is -2.33. The standard InChI is InChI=1S/C24H19ClN2O3S/c1-14-4-10-17(11-5-14)27-23(28)21-18(19-3-2-12-30-19)13-20(31-22(21)24(27)29)26-16-8-6-15(25)7-9-16/h2-12,18,21-22H,13H2,1H3/t18-,21-,22+/m0/s1. The van der Waals surface area contributed by atoms with E-state index in [1.54, 1.807) is 24.5 Å². The second-order valence-electron chi connectivity index (χ2n) is 7.72. The van der Waals surface area contributed by atoms with Crippen molar-refractivity contribution < 1.29 is 14.0 Å². The number of aryl methyl sites for hydroxylation is 1. The van der Waals surface area contributed by atoms with Crippen LogP contribution in [0.25, 0.3) is 0 Å². The van der Waals surface area contributed by atoms with Crippen molar-refractivity contribution in [2.75, 3.05) is 4.90 Å². The number of anilines is 1. The Morgan fingerprint density at radius 2 is 1.77 bits per heavy atom. The molecule has 2 fully saturated rings. The molecule has 5 rings (SSSR count). The van der Waals surface area contributed by atoms with Gasteiger partial charge in [-0.15, -0.1) is 0 Å². The molecule has 0 unspecified atom stereocenters. The molecule has 3 atom stereocenters. The van der Waals surface area contributed by atoms with Crippen LogP contribution in [0.2, 0.25) is 5.02 Å². The number of furan rings is 1. The minimum atomic E-state index is -0.538. The van der Waals surface area contributed by atoms with Crippen LogP contribution in [0.4, 0.5) is 11.4 Å². The summed E-state index contributed by atoms with van der Waals surface area (Å²) in [6.07, 6.45) is 2.13. The van der Waals surface area contributed by atoms with E-state index in [2.05, 4.69) is 0 Å². The smallest absolute Gasteiger partial charge is 0.248 e. The highest BCUT2D eigenvalue weighted by atomic mass is 35.5. The zero-order valence-electron chi connectivity index (χ0n) is 16.7. The highest BCUT2D eigenvalue weighted by molar-refractivity contribution is 8.15. The Balaban J connectivity index is 1.53. The van der Waals surface area contributed by atoms with E-state index in [4.69, 9.17) is 21.0 Å². The van der Waals surface area contributed by atoms with Gasteiger partial charge in [-0.3, -0.25) is 9.59 Å². The van der Waals surface area contributed by atoms with E-state index in [1.165, 1.54) is 16.7 Å². The molecule has 3 heterocycles. The van der Waals surface area contributed by atoms with Crippen molar-refractivity contribution in [3.63, 3.8) is 0 Å². The van der Waals surface area contributed by atoms with Crippen molar-refractivity contribution in [2.45, 2.75) is 24.5 Å². The fraction of sp³-hybridized carbons (Fsp3) is 0.208. The molecule has 2 aromatic carbocycles. The molecule has 2 aliphatic heterocycles. The number of hydrogen-bond donors (Lipinski definition) is 0. The number of aliphatic imine (C=N–C) groups is 1. The maximum Gasteiger partial charge on any atom is 0.248 e. The highest BCUT2D eigenvalue weighted by Crippen LogP contribution is 2.49. The van der Waals surface area contributed by atoms with E-state index in [-0.39, 0.29) is 17.7 Å². The SMILES string of the molecule is Cc1ccc(N2C(=O)[C@@H]3[C@@H](SC(=Nc4ccc(Cl)cc4)C[C@H]3c3ccco3)C2=O)cc1. The Labute approximate surface area is 189 Å². The molecule has 31 heavy (non-hydrogen) atoms. The second kappa shape index (κ2) is 8.02. The fourth-order valence-corrected chi connectivity index (χ4v) is 5.66. The number of halogens is 1. The van der Waals surface area contributed by atoms with Gasteiger partial charge in [0.15, 0.2) is 0 Å². The molecular formula is C24H19ClN2O3S. The van der Waals surface area contributed by atoms with Crippen LogP contribution >= 0.6 is 23.4 Å². The van der Waals surface area contributed by atoms with E-state index < -0.39 is 11.2 Å². The van der Waals surface area contributed by atoms with Crippen LogP contribution < -0.4 is 4.90 Å². The van der Waals surface area contributed by atoms with Crippen LogP contribution in [0, 0.1) is 12.8 Å². The number of thioether (sulfide) groups is 1. The Hall–Kier alpha value is -2.83. The molecule has 0 saturated carbocycles. The average Bonchev–Trinajstić information content (AvgIpc) is 3.38. The fourth-order valence-electron chi connectivity index (χ4n) is 4.14. The minimum absolute atomic E-state index is 0.182. The van der Waals surface area contributed by atoms with E-state index in [9.17, 15) is 9.59 Å². The first-order chi connectivity index (χ1) is 15.0. The van der Waals surface area contributed by atoms with Gasteiger partial charge >= 0.3 is 0 Å². The second-order valence-corrected chi connectivity index (χ2v) is 9.37. The number of amides is 2. The molecule has 0 aliphatic carbocycles. The van der Waals surface area contributed by atoms with Crippen molar-refractivity contribution in [3.05, 3.63) is 83.3 Å². The monoisotopic (exact) mass is 450 g/mol. The number of rotatable bonds is 3. The summed E-state index contributed by atoms with van der Waals surface area (Å²) in [5.74, 6) is -0.429. The van der Waals surface area contributed by atoms with Gasteiger partial charge in [-0.05, 0) is 55.5 Å². The summed E-state index contributed by atoms with van der Waals surface area (Å²) >= 11 is 7.36. The molecule has 5 nitrogen and oxygen atoms in total. The van der Waals surface area contributed by atoms with Gasteiger partial charge in [-0.25, -0.2) is 9.89 Å². The molecule has 0 spiro atoms. The van der Waals surface area contributed by atoms with Gasteiger partial charge in [0, 0.05) is 17.4 Å². The van der Waals surface area contributed by atoms with E-state index in [0.29, 0.717) is 22.9 Å². The normalized spacial score (nSPS) is 24.6. The van der Waals surface area contributed by atoms with Gasteiger partial charge in [0.25, 0.3) is 0 Å². The lowest BCUT2D eigenvalue weighted by atomic mass is 9.85. The van der Waals surface area contributed by atoms with E-state index in [0.717, 1.165) is 16.3 Å². The Morgan fingerprint density at radius 3 is 2.45 bits per heavy atom. The predicted octanol–water partition coefficient (Wildman–Crippen LogP) is 5.75. The number of nitrogens with zero attached hydrogens (tertiary/aromatic N) is 2. The predicted molar refractivity (Wildman–Crippen MR) is 123 cm³/mol. The lowest BCUT2D eigenvalue weighted by Gasteiger charge is -2.29. The summed E-state index contributed by atoms with van der Waals surface area (Å²) in [4.78, 5) is 32.9. The number of carbonyl (C=O) groups is 2. The zero-order chi connectivity index (χ0) is 21.5. The summed E-state index contributed by atoms with van der Waals surface area (Å²) in [6, 6.07) is 18.4. The van der Waals surface area contributed by atoms with Crippen molar-refractivity contribution in [1.82, 2.24) is 0 Å². The summed E-state index contributed by atoms with van der Waals surface area (Å²) in [5.41, 5.74) is 2.43. The van der Waals surface area contributed by atoms with Gasteiger partial charge in [0.05, 0.1) is 28.6 Å². The first-order valence-corrected chi connectivity index (χ1v) is 11.2. The van der Waals surface area contributed by atoms with Crippen molar-refractivity contribution in [1.29, 1.82) is 0 Å². The van der Waals surface area contributed by atoms with Gasteiger partial charge in [0.1, 0.15) is 11.0 Å². The number of fused-ring (bicyclic) bond motifs is 1. The number of hydrogen-bond acceptors (Lipinski definition) is 5. The first kappa shape index (κ1) is 20.1. The summed E-state index contributed by atoms with van der Waals surface area (Å²) in [6.45, 7) is 1.97. The van der Waals surface area contributed by atoms with Gasteiger partial charge in [-0.1, -0.05) is 41.1 Å². The molecule has 7 heteroatoms. The molecule has 3 aromatic rings. The van der Waals surface area contributed by atoms with Crippen LogP contribution in [0.5, 0.6) is 0 Å². The van der Waals surface area contributed by atoms with Crippen LogP contribution in [-0.4, -0.2) is 22.1 Å². The third kappa shape index (κ3) is 3.70. The van der Waals surface area contributed by atoms with Crippen LogP contribution in [-0.2, 0) is 9.59 Å². The third-order valence-corrected chi connectivity index (χ3v) is 7.20. The zero-order valence-corrected chi connectivity index (χ0v) is 18.3. The summed E-state index contributed by atoms with van der Waals surface area (Å²) in [7, 11) is 0. The molecular weight excluding hydrogens is 432 g/mol. The molecule has 0 N–H and O–H groups in total. The van der Waals surface area contributed by atoms with E-state index >= 15 is 0 Å². The maximum atomic E-state index is 13.4. The average molecular weight is 451 g/mol.